The minimum atomic E-state index is 0. The number of halogens is 2. The molecule has 0 N–H and O–H groups in total. The summed E-state index contributed by atoms with van der Waals surface area (Å²) in [5, 5.41) is 0.278. The molecular weight excluding hydrogens is 555 g/mol. The number of rotatable bonds is 2. The molecule has 2 aliphatic heterocycles. The fourth-order valence-corrected chi connectivity index (χ4v) is 5.65. The van der Waals surface area contributed by atoms with Gasteiger partial charge >= 0.3 is 0 Å². The van der Waals surface area contributed by atoms with Gasteiger partial charge in [-0.3, -0.25) is 0 Å². The van der Waals surface area contributed by atoms with Crippen LogP contribution in [0.1, 0.15) is 5.56 Å². The second kappa shape index (κ2) is 8.58. The van der Waals surface area contributed by atoms with Crippen molar-refractivity contribution in [2.75, 3.05) is 16.8 Å². The van der Waals surface area contributed by atoms with Gasteiger partial charge in [-0.1, -0.05) is 60.3 Å². The summed E-state index contributed by atoms with van der Waals surface area (Å²) in [6.45, 7) is 0. The molecule has 29 heavy (non-hydrogen) atoms. The Morgan fingerprint density at radius 2 is 1.52 bits per heavy atom. The highest BCUT2D eigenvalue weighted by atomic mass is 127. The van der Waals surface area contributed by atoms with Crippen molar-refractivity contribution in [3.05, 3.63) is 101 Å². The lowest BCUT2D eigenvalue weighted by Crippen LogP contribution is -2.23. The van der Waals surface area contributed by atoms with Crippen molar-refractivity contribution in [1.82, 2.24) is 0 Å². The minimum absolute atomic E-state index is 0. The molecule has 3 aromatic carbocycles. The minimum Gasteiger partial charge on any atom is -0.358 e. The first-order chi connectivity index (χ1) is 13.7. The maximum Gasteiger partial charge on any atom is 0.0988 e. The summed E-state index contributed by atoms with van der Waals surface area (Å²) in [6, 6.07) is 27.7. The standard InChI is InChI=1S/C24H19BrN2S.HI/c1-26-21-13-7-8-14-22(21)28-24(26)16-17-15-23(25)27(18-9-3-2-4-10-18)20-12-6-5-11-19(17)20;/h2-16,24H,1H3;1H. The van der Waals surface area contributed by atoms with Crippen LogP contribution in [-0.2, 0) is 0 Å². The molecule has 0 saturated heterocycles. The third kappa shape index (κ3) is 3.76. The zero-order valence-corrected chi connectivity index (χ0v) is 20.6. The van der Waals surface area contributed by atoms with Gasteiger partial charge in [-0.2, -0.15) is 0 Å². The van der Waals surface area contributed by atoms with E-state index in [0.29, 0.717) is 0 Å². The van der Waals surface area contributed by atoms with Gasteiger partial charge in [0.15, 0.2) is 0 Å². The summed E-state index contributed by atoms with van der Waals surface area (Å²) >= 11 is 5.72. The van der Waals surface area contributed by atoms with Crippen molar-refractivity contribution in [2.45, 2.75) is 10.3 Å². The Morgan fingerprint density at radius 3 is 2.28 bits per heavy atom. The molecule has 5 heteroatoms. The van der Waals surface area contributed by atoms with Crippen LogP contribution in [0.15, 0.2) is 101 Å². The molecule has 1 atom stereocenters. The van der Waals surface area contributed by atoms with Crippen molar-refractivity contribution in [2.24, 2.45) is 0 Å². The molecule has 0 aliphatic carbocycles. The first-order valence-corrected chi connectivity index (χ1v) is 10.9. The second-order valence-electron chi connectivity index (χ2n) is 6.86. The quantitative estimate of drug-likeness (QED) is 0.229. The van der Waals surface area contributed by atoms with Gasteiger partial charge in [0, 0.05) is 23.2 Å². The predicted molar refractivity (Wildman–Crippen MR) is 140 cm³/mol. The molecule has 0 aromatic heterocycles. The molecule has 146 valence electrons. The van der Waals surface area contributed by atoms with Gasteiger partial charge in [0.1, 0.15) is 0 Å². The summed E-state index contributed by atoms with van der Waals surface area (Å²) in [5.41, 5.74) is 6.13. The maximum atomic E-state index is 3.82. The molecule has 0 bridgehead atoms. The Labute approximate surface area is 201 Å². The fourth-order valence-electron chi connectivity index (χ4n) is 3.77. The number of anilines is 3. The van der Waals surface area contributed by atoms with E-state index in [0.717, 1.165) is 10.3 Å². The van der Waals surface area contributed by atoms with Crippen LogP contribution in [0.2, 0.25) is 0 Å². The van der Waals surface area contributed by atoms with Gasteiger partial charge in [0.05, 0.1) is 21.4 Å². The van der Waals surface area contributed by atoms with Crippen molar-refractivity contribution >= 4 is 74.3 Å². The van der Waals surface area contributed by atoms with Gasteiger partial charge in [0.2, 0.25) is 0 Å². The lowest BCUT2D eigenvalue weighted by atomic mass is 9.99. The zero-order chi connectivity index (χ0) is 19.1. The van der Waals surface area contributed by atoms with Crippen LogP contribution in [0.25, 0.3) is 5.57 Å². The summed E-state index contributed by atoms with van der Waals surface area (Å²) in [7, 11) is 2.17. The molecule has 0 spiro atoms. The van der Waals surface area contributed by atoms with Crippen molar-refractivity contribution in [1.29, 1.82) is 0 Å². The molecule has 0 fully saturated rings. The smallest absolute Gasteiger partial charge is 0.0988 e. The van der Waals surface area contributed by atoms with E-state index in [9.17, 15) is 0 Å². The van der Waals surface area contributed by atoms with Crippen LogP contribution in [0, 0.1) is 0 Å². The van der Waals surface area contributed by atoms with E-state index in [1.54, 1.807) is 0 Å². The number of benzene rings is 3. The molecule has 2 heterocycles. The van der Waals surface area contributed by atoms with Crippen LogP contribution in [0.5, 0.6) is 0 Å². The van der Waals surface area contributed by atoms with Gasteiger partial charge < -0.3 is 9.80 Å². The predicted octanol–water partition coefficient (Wildman–Crippen LogP) is 7.64. The number of hydrogen-bond acceptors (Lipinski definition) is 3. The number of para-hydroxylation sites is 3. The first kappa shape index (κ1) is 20.6. The Morgan fingerprint density at radius 1 is 0.862 bits per heavy atom. The number of allylic oxidation sites excluding steroid dienone is 2. The Balaban J connectivity index is 0.00000205. The number of fused-ring (bicyclic) bond motifs is 2. The van der Waals surface area contributed by atoms with E-state index in [1.165, 1.54) is 27.4 Å². The number of hydrogen-bond donors (Lipinski definition) is 0. The van der Waals surface area contributed by atoms with E-state index in [-0.39, 0.29) is 29.4 Å². The van der Waals surface area contributed by atoms with Crippen LogP contribution >= 0.6 is 51.7 Å². The largest absolute Gasteiger partial charge is 0.358 e. The van der Waals surface area contributed by atoms with Gasteiger partial charge in [-0.25, -0.2) is 0 Å². The van der Waals surface area contributed by atoms with E-state index in [1.807, 2.05) is 17.8 Å². The average molecular weight is 575 g/mol. The summed E-state index contributed by atoms with van der Waals surface area (Å²) < 4.78 is 1.05. The lowest BCUT2D eigenvalue weighted by Gasteiger charge is -2.31. The maximum absolute atomic E-state index is 3.82. The average Bonchev–Trinajstić information content (AvgIpc) is 3.04. The molecule has 0 radical (unpaired) electrons. The summed E-state index contributed by atoms with van der Waals surface area (Å²) in [6.07, 6.45) is 4.60. The lowest BCUT2D eigenvalue weighted by molar-refractivity contribution is 0.991. The summed E-state index contributed by atoms with van der Waals surface area (Å²) in [4.78, 5) is 5.94. The van der Waals surface area contributed by atoms with E-state index >= 15 is 0 Å². The van der Waals surface area contributed by atoms with E-state index in [2.05, 4.69) is 118 Å². The van der Waals surface area contributed by atoms with Gasteiger partial charge in [-0.15, -0.1) is 24.0 Å². The highest BCUT2D eigenvalue weighted by molar-refractivity contribution is 14.0. The number of likely N-dealkylation sites (N-methyl/N-ethyl adjacent to an activating group) is 1. The normalized spacial score (nSPS) is 18.8. The van der Waals surface area contributed by atoms with Crippen molar-refractivity contribution < 1.29 is 0 Å². The van der Waals surface area contributed by atoms with E-state index < -0.39 is 0 Å². The monoisotopic (exact) mass is 574 g/mol. The van der Waals surface area contributed by atoms with Crippen LogP contribution in [0.4, 0.5) is 17.1 Å². The molecule has 2 aliphatic rings. The van der Waals surface area contributed by atoms with Gasteiger partial charge in [0.25, 0.3) is 0 Å². The van der Waals surface area contributed by atoms with Crippen LogP contribution in [0.3, 0.4) is 0 Å². The molecular formula is C24H20BrIN2S. The molecule has 1 unspecified atom stereocenters. The number of thioether (sulfide) groups is 1. The zero-order valence-electron chi connectivity index (χ0n) is 15.8. The van der Waals surface area contributed by atoms with E-state index in [4.69, 9.17) is 0 Å². The van der Waals surface area contributed by atoms with Crippen LogP contribution < -0.4 is 9.80 Å². The molecule has 0 saturated carbocycles. The third-order valence-corrected chi connectivity index (χ3v) is 7.03. The van der Waals surface area contributed by atoms with Crippen molar-refractivity contribution in [3.8, 4) is 0 Å². The SMILES string of the molecule is CN1c2ccccc2SC1C=C1C=C(Br)N(c2ccccc2)c2ccccc21.I. The fraction of sp³-hybridized carbons (Fsp3) is 0.0833. The highest BCUT2D eigenvalue weighted by Gasteiger charge is 2.28. The Hall–Kier alpha value is -1.70. The molecule has 3 aromatic rings. The molecule has 5 rings (SSSR count). The van der Waals surface area contributed by atoms with Crippen LogP contribution in [-0.4, -0.2) is 12.4 Å². The topological polar surface area (TPSA) is 6.48 Å². The summed E-state index contributed by atoms with van der Waals surface area (Å²) in [5.74, 6) is 0. The number of nitrogens with zero attached hydrogens (tertiary/aromatic N) is 2. The molecule has 0 amide bonds. The van der Waals surface area contributed by atoms with Crippen molar-refractivity contribution in [3.63, 3.8) is 0 Å². The second-order valence-corrected chi connectivity index (χ2v) is 8.84. The Bertz CT molecular complexity index is 1100. The third-order valence-electron chi connectivity index (χ3n) is 5.16. The highest BCUT2D eigenvalue weighted by Crippen LogP contribution is 2.46. The first-order valence-electron chi connectivity index (χ1n) is 9.24. The molecule has 2 nitrogen and oxygen atoms in total. The Kier molecular flexibility index (Phi) is 6.08. The van der Waals surface area contributed by atoms with Gasteiger partial charge in [-0.05, 0) is 64.0 Å².